The lowest BCUT2D eigenvalue weighted by atomic mass is 10.3. The molecular weight excluding hydrogens is 210 g/mol. The van der Waals surface area contributed by atoms with E-state index in [4.69, 9.17) is 4.42 Å². The van der Waals surface area contributed by atoms with Crippen molar-refractivity contribution in [2.24, 2.45) is 0 Å². The quantitative estimate of drug-likeness (QED) is 0.846. The highest BCUT2D eigenvalue weighted by Crippen LogP contribution is 2.13. The van der Waals surface area contributed by atoms with Gasteiger partial charge in [-0.2, -0.15) is 4.37 Å². The summed E-state index contributed by atoms with van der Waals surface area (Å²) in [6.45, 7) is 2.78. The van der Waals surface area contributed by atoms with Crippen LogP contribution >= 0.6 is 11.5 Å². The van der Waals surface area contributed by atoms with E-state index in [0.29, 0.717) is 6.54 Å². The van der Waals surface area contributed by atoms with E-state index < -0.39 is 0 Å². The third-order valence-corrected chi connectivity index (χ3v) is 2.65. The second-order valence-corrected chi connectivity index (χ2v) is 3.95. The first-order valence-corrected chi connectivity index (χ1v) is 5.74. The number of aromatic nitrogens is 2. The van der Waals surface area contributed by atoms with Crippen LogP contribution in [0.5, 0.6) is 0 Å². The van der Waals surface area contributed by atoms with Crippen LogP contribution in [0.25, 0.3) is 0 Å². The summed E-state index contributed by atoms with van der Waals surface area (Å²) in [6.07, 6.45) is 3.69. The average Bonchev–Trinajstić information content (AvgIpc) is 2.85. The largest absolute Gasteiger partial charge is 0.467 e. The van der Waals surface area contributed by atoms with E-state index in [1.165, 1.54) is 11.5 Å². The zero-order valence-electron chi connectivity index (χ0n) is 8.56. The molecule has 4 nitrogen and oxygen atoms in total. The molecule has 0 aromatic carbocycles. The molecule has 2 aromatic rings. The maximum Gasteiger partial charge on any atom is 0.202 e. The highest BCUT2D eigenvalue weighted by Gasteiger charge is 2.03. The molecule has 5 heteroatoms. The summed E-state index contributed by atoms with van der Waals surface area (Å²) in [5, 5.41) is 4.03. The molecule has 0 aliphatic heterocycles. The van der Waals surface area contributed by atoms with Gasteiger partial charge in [-0.25, -0.2) is 4.98 Å². The number of aryl methyl sites for hydroxylation is 1. The summed E-state index contributed by atoms with van der Waals surface area (Å²) in [4.78, 5) is 4.35. The van der Waals surface area contributed by atoms with Crippen molar-refractivity contribution in [3.8, 4) is 0 Å². The van der Waals surface area contributed by atoms with Crippen molar-refractivity contribution in [3.05, 3.63) is 30.0 Å². The Morgan fingerprint density at radius 3 is 3.20 bits per heavy atom. The highest BCUT2D eigenvalue weighted by atomic mass is 32.1. The van der Waals surface area contributed by atoms with Crippen molar-refractivity contribution in [2.45, 2.75) is 26.3 Å². The lowest BCUT2D eigenvalue weighted by molar-refractivity contribution is 0.518. The minimum atomic E-state index is 0.660. The van der Waals surface area contributed by atoms with Crippen LogP contribution in [0, 0.1) is 0 Å². The lowest BCUT2D eigenvalue weighted by Gasteiger charge is -1.97. The standard InChI is InChI=1S/C10H13N3OS/c1-2-4-9-12-10(15-13-9)11-7-8-5-3-6-14-8/h3,5-6H,2,4,7H2,1H3,(H,11,12,13). The fourth-order valence-electron chi connectivity index (χ4n) is 1.23. The van der Waals surface area contributed by atoms with Crippen LogP contribution in [0.4, 0.5) is 5.13 Å². The van der Waals surface area contributed by atoms with Crippen molar-refractivity contribution in [3.63, 3.8) is 0 Å². The summed E-state index contributed by atoms with van der Waals surface area (Å²) < 4.78 is 9.45. The molecule has 0 bridgehead atoms. The van der Waals surface area contributed by atoms with E-state index in [1.54, 1.807) is 6.26 Å². The zero-order chi connectivity index (χ0) is 10.5. The van der Waals surface area contributed by atoms with Gasteiger partial charge in [0.1, 0.15) is 11.6 Å². The Balaban J connectivity index is 1.88. The molecule has 0 spiro atoms. The molecule has 0 radical (unpaired) electrons. The van der Waals surface area contributed by atoms with Gasteiger partial charge in [-0.1, -0.05) is 6.92 Å². The van der Waals surface area contributed by atoms with E-state index in [-0.39, 0.29) is 0 Å². The molecule has 0 aliphatic rings. The number of furan rings is 1. The van der Waals surface area contributed by atoms with Crippen molar-refractivity contribution in [1.29, 1.82) is 0 Å². The molecule has 0 saturated heterocycles. The van der Waals surface area contributed by atoms with Crippen molar-refractivity contribution < 1.29 is 4.42 Å². The first-order chi connectivity index (χ1) is 7.38. The van der Waals surface area contributed by atoms with E-state index in [0.717, 1.165) is 29.6 Å². The van der Waals surface area contributed by atoms with Crippen molar-refractivity contribution in [1.82, 2.24) is 9.36 Å². The molecule has 80 valence electrons. The van der Waals surface area contributed by atoms with Crippen molar-refractivity contribution in [2.75, 3.05) is 5.32 Å². The minimum Gasteiger partial charge on any atom is -0.467 e. The van der Waals surface area contributed by atoms with Crippen LogP contribution in [-0.4, -0.2) is 9.36 Å². The van der Waals surface area contributed by atoms with Crippen LogP contribution in [0.3, 0.4) is 0 Å². The molecule has 0 aliphatic carbocycles. The van der Waals surface area contributed by atoms with Gasteiger partial charge in [-0.15, -0.1) is 0 Å². The van der Waals surface area contributed by atoms with E-state index >= 15 is 0 Å². The van der Waals surface area contributed by atoms with Crippen LogP contribution in [-0.2, 0) is 13.0 Å². The third kappa shape index (κ3) is 2.79. The second kappa shape index (κ2) is 4.93. The second-order valence-electron chi connectivity index (χ2n) is 3.20. The Hall–Kier alpha value is -1.36. The minimum absolute atomic E-state index is 0.660. The number of nitrogens with zero attached hydrogens (tertiary/aromatic N) is 2. The Morgan fingerprint density at radius 1 is 1.53 bits per heavy atom. The van der Waals surface area contributed by atoms with Crippen LogP contribution in [0.2, 0.25) is 0 Å². The predicted octanol–water partition coefficient (Wildman–Crippen LogP) is 2.70. The lowest BCUT2D eigenvalue weighted by Crippen LogP contribution is -1.97. The molecule has 15 heavy (non-hydrogen) atoms. The number of hydrogen-bond acceptors (Lipinski definition) is 5. The summed E-state index contributed by atoms with van der Waals surface area (Å²) in [5.74, 6) is 1.83. The number of rotatable bonds is 5. The topological polar surface area (TPSA) is 51.0 Å². The van der Waals surface area contributed by atoms with Crippen LogP contribution in [0.15, 0.2) is 22.8 Å². The molecule has 2 aromatic heterocycles. The van der Waals surface area contributed by atoms with E-state index in [9.17, 15) is 0 Å². The Bertz CT molecular complexity index is 396. The third-order valence-electron chi connectivity index (χ3n) is 1.94. The normalized spacial score (nSPS) is 10.5. The van der Waals surface area contributed by atoms with Gasteiger partial charge >= 0.3 is 0 Å². The smallest absolute Gasteiger partial charge is 0.202 e. The fourth-order valence-corrected chi connectivity index (χ4v) is 1.83. The number of nitrogens with one attached hydrogen (secondary N) is 1. The molecule has 1 N–H and O–H groups in total. The van der Waals surface area contributed by atoms with Gasteiger partial charge in [0.05, 0.1) is 12.8 Å². The summed E-state index contributed by atoms with van der Waals surface area (Å²) in [6, 6.07) is 3.81. The first kappa shape index (κ1) is 10.2. The molecule has 0 fully saturated rings. The molecule has 0 atom stereocenters. The van der Waals surface area contributed by atoms with Gasteiger partial charge in [0.25, 0.3) is 0 Å². The molecular formula is C10H13N3OS. The SMILES string of the molecule is CCCc1nsc(NCc2ccco2)n1. The summed E-state index contributed by atoms with van der Waals surface area (Å²) >= 11 is 1.40. The maximum atomic E-state index is 5.20. The van der Waals surface area contributed by atoms with Gasteiger partial charge in [-0.3, -0.25) is 0 Å². The van der Waals surface area contributed by atoms with Crippen LogP contribution in [0.1, 0.15) is 24.9 Å². The Labute approximate surface area is 92.5 Å². The molecule has 2 rings (SSSR count). The van der Waals surface area contributed by atoms with Crippen molar-refractivity contribution >= 4 is 16.7 Å². The molecule has 0 amide bonds. The van der Waals surface area contributed by atoms with Gasteiger partial charge in [0, 0.05) is 18.0 Å². The van der Waals surface area contributed by atoms with Gasteiger partial charge in [0.15, 0.2) is 0 Å². The predicted molar refractivity (Wildman–Crippen MR) is 59.9 cm³/mol. The monoisotopic (exact) mass is 223 g/mol. The van der Waals surface area contributed by atoms with Gasteiger partial charge in [-0.05, 0) is 18.6 Å². The molecule has 0 unspecified atom stereocenters. The Kier molecular flexibility index (Phi) is 3.34. The molecule has 2 heterocycles. The van der Waals surface area contributed by atoms with Gasteiger partial charge in [0.2, 0.25) is 5.13 Å². The number of hydrogen-bond donors (Lipinski definition) is 1. The average molecular weight is 223 g/mol. The maximum absolute atomic E-state index is 5.20. The summed E-state index contributed by atoms with van der Waals surface area (Å²) in [7, 11) is 0. The summed E-state index contributed by atoms with van der Waals surface area (Å²) in [5.41, 5.74) is 0. The molecule has 0 saturated carbocycles. The first-order valence-electron chi connectivity index (χ1n) is 4.97. The van der Waals surface area contributed by atoms with E-state index in [2.05, 4.69) is 21.6 Å². The highest BCUT2D eigenvalue weighted by molar-refractivity contribution is 7.09. The zero-order valence-corrected chi connectivity index (χ0v) is 9.38. The Morgan fingerprint density at radius 2 is 2.47 bits per heavy atom. The number of anilines is 1. The van der Waals surface area contributed by atoms with Crippen LogP contribution < -0.4 is 5.32 Å². The van der Waals surface area contributed by atoms with Gasteiger partial charge < -0.3 is 9.73 Å². The van der Waals surface area contributed by atoms with E-state index in [1.807, 2.05) is 12.1 Å². The fraction of sp³-hybridized carbons (Fsp3) is 0.400.